The maximum atomic E-state index is 13.6. The van der Waals surface area contributed by atoms with Crippen molar-refractivity contribution in [1.82, 2.24) is 14.6 Å². The molecule has 0 amide bonds. The highest BCUT2D eigenvalue weighted by molar-refractivity contribution is 7.89. The molecule has 0 saturated carbocycles. The van der Waals surface area contributed by atoms with E-state index in [1.54, 1.807) is 0 Å². The van der Waals surface area contributed by atoms with Crippen LogP contribution in [0.1, 0.15) is 52.4 Å². The van der Waals surface area contributed by atoms with Crippen LogP contribution in [0.5, 0.6) is 0 Å². The summed E-state index contributed by atoms with van der Waals surface area (Å²) in [7, 11) is -7.92. The molecule has 8 nitrogen and oxygen atoms in total. The third-order valence-electron chi connectivity index (χ3n) is 5.12. The van der Waals surface area contributed by atoms with Crippen LogP contribution in [-0.4, -0.2) is 52.3 Å². The maximum Gasteiger partial charge on any atom is 0.256 e. The van der Waals surface area contributed by atoms with E-state index in [2.05, 4.69) is 24.1 Å². The minimum absolute atomic E-state index is 0.0707. The van der Waals surface area contributed by atoms with E-state index in [-0.39, 0.29) is 15.3 Å². The van der Waals surface area contributed by atoms with Gasteiger partial charge in [-0.1, -0.05) is 51.7 Å². The molecule has 0 aliphatic heterocycles. The third-order valence-corrected chi connectivity index (χ3v) is 7.94. The second-order valence-electron chi connectivity index (χ2n) is 7.58. The van der Waals surface area contributed by atoms with E-state index in [9.17, 15) is 16.8 Å². The molecule has 1 aromatic heterocycles. The summed E-state index contributed by atoms with van der Waals surface area (Å²) in [5.41, 5.74) is 0. The smallest absolute Gasteiger partial charge is 0.256 e. The molecule has 0 radical (unpaired) electrons. The van der Waals surface area contributed by atoms with Crippen molar-refractivity contribution in [3.05, 3.63) is 30.5 Å². The lowest BCUT2D eigenvalue weighted by Crippen LogP contribution is -2.38. The molecule has 1 aromatic carbocycles. The number of primary sulfonamides is 1. The molecule has 1 heterocycles. The van der Waals surface area contributed by atoms with Crippen molar-refractivity contribution < 1.29 is 16.8 Å². The molecule has 0 unspecified atom stereocenters. The third kappa shape index (κ3) is 6.95. The van der Waals surface area contributed by atoms with Crippen LogP contribution in [-0.2, 0) is 20.0 Å². The summed E-state index contributed by atoms with van der Waals surface area (Å²) in [5.74, 6) is 0. The molecule has 0 saturated heterocycles. The quantitative estimate of drug-likeness (QED) is 0.409. The molecule has 3 N–H and O–H groups in total. The Morgan fingerprint density at radius 2 is 1.65 bits per heavy atom. The normalized spacial score (nSPS) is 12.6. The minimum atomic E-state index is -4.09. The number of fused-ring (bicyclic) bond motifs is 1. The largest absolute Gasteiger partial charge is 0.315 e. The highest BCUT2D eigenvalue weighted by Gasteiger charge is 2.27. The Bertz CT molecular complexity index is 1060. The summed E-state index contributed by atoms with van der Waals surface area (Å²) in [6.45, 7) is 6.39. The zero-order chi connectivity index (χ0) is 22.9. The molecule has 174 valence electrons. The van der Waals surface area contributed by atoms with Gasteiger partial charge in [0.1, 0.15) is 0 Å². The summed E-state index contributed by atoms with van der Waals surface area (Å²) in [4.78, 5) is 3.93. The van der Waals surface area contributed by atoms with Gasteiger partial charge in [0.05, 0.1) is 4.90 Å². The van der Waals surface area contributed by atoms with E-state index in [1.165, 1.54) is 34.8 Å². The van der Waals surface area contributed by atoms with Crippen LogP contribution in [0.15, 0.2) is 40.4 Å². The van der Waals surface area contributed by atoms with Crippen molar-refractivity contribution in [2.45, 2.75) is 62.3 Å². The summed E-state index contributed by atoms with van der Waals surface area (Å²) in [6, 6.07) is 6.08. The summed E-state index contributed by atoms with van der Waals surface area (Å²) >= 11 is 0. The number of rotatable bonds is 14. The lowest BCUT2D eigenvalue weighted by atomic mass is 10.2. The van der Waals surface area contributed by atoms with Gasteiger partial charge in [-0.3, -0.25) is 0 Å². The molecule has 0 fully saturated rings. The number of aromatic nitrogens is 1. The van der Waals surface area contributed by atoms with Gasteiger partial charge in [-0.15, -0.1) is 0 Å². The molecular weight excluding hydrogens is 436 g/mol. The molecule has 0 atom stereocenters. The van der Waals surface area contributed by atoms with Crippen LogP contribution in [0.3, 0.4) is 0 Å². The van der Waals surface area contributed by atoms with Gasteiger partial charge in [-0.2, -0.15) is 4.31 Å². The fourth-order valence-corrected chi connectivity index (χ4v) is 5.82. The number of nitrogens with two attached hydrogens (primary N) is 1. The van der Waals surface area contributed by atoms with Gasteiger partial charge in [-0.25, -0.2) is 27.0 Å². The molecule has 0 spiro atoms. The van der Waals surface area contributed by atoms with Crippen molar-refractivity contribution in [2.24, 2.45) is 5.14 Å². The van der Waals surface area contributed by atoms with Crippen LogP contribution in [0, 0.1) is 0 Å². The molecule has 2 aromatic rings. The van der Waals surface area contributed by atoms with Crippen LogP contribution >= 0.6 is 0 Å². The molecular formula is C21H34N4O4S2. The van der Waals surface area contributed by atoms with E-state index in [0.29, 0.717) is 25.0 Å². The first-order valence-corrected chi connectivity index (χ1v) is 13.8. The Kier molecular flexibility index (Phi) is 9.83. The number of hydrogen-bond acceptors (Lipinski definition) is 6. The van der Waals surface area contributed by atoms with Gasteiger partial charge in [0, 0.05) is 36.6 Å². The predicted molar refractivity (Wildman–Crippen MR) is 124 cm³/mol. The van der Waals surface area contributed by atoms with Crippen molar-refractivity contribution in [1.29, 1.82) is 0 Å². The number of nitrogens with zero attached hydrogens (tertiary/aromatic N) is 2. The summed E-state index contributed by atoms with van der Waals surface area (Å²) in [5, 5.41) is 8.77. The number of nitrogens with one attached hydrogen (secondary N) is 1. The fourth-order valence-electron chi connectivity index (χ4n) is 3.44. The van der Waals surface area contributed by atoms with Crippen molar-refractivity contribution in [2.75, 3.05) is 26.2 Å². The van der Waals surface area contributed by atoms with Gasteiger partial charge < -0.3 is 5.32 Å². The maximum absolute atomic E-state index is 13.6. The van der Waals surface area contributed by atoms with Crippen LogP contribution in [0.2, 0.25) is 0 Å². The molecule has 0 bridgehead atoms. The topological polar surface area (TPSA) is 122 Å². The Morgan fingerprint density at radius 1 is 0.903 bits per heavy atom. The average molecular weight is 471 g/mol. The Hall–Kier alpha value is -1.59. The van der Waals surface area contributed by atoms with Gasteiger partial charge in [0.15, 0.2) is 5.03 Å². The Labute approximate surface area is 186 Å². The van der Waals surface area contributed by atoms with Crippen molar-refractivity contribution >= 4 is 30.8 Å². The molecule has 31 heavy (non-hydrogen) atoms. The van der Waals surface area contributed by atoms with Crippen molar-refractivity contribution in [3.8, 4) is 0 Å². The Morgan fingerprint density at radius 3 is 2.32 bits per heavy atom. The highest BCUT2D eigenvalue weighted by Crippen LogP contribution is 2.28. The van der Waals surface area contributed by atoms with Gasteiger partial charge in [-0.05, 0) is 31.5 Å². The number of benzene rings is 1. The first kappa shape index (κ1) is 25.7. The van der Waals surface area contributed by atoms with E-state index in [4.69, 9.17) is 5.14 Å². The van der Waals surface area contributed by atoms with Crippen LogP contribution in [0.25, 0.3) is 10.8 Å². The van der Waals surface area contributed by atoms with E-state index < -0.39 is 20.0 Å². The van der Waals surface area contributed by atoms with E-state index in [1.807, 2.05) is 0 Å². The second-order valence-corrected chi connectivity index (χ2v) is 11.0. The number of sulfonamides is 2. The number of unbranched alkanes of at least 4 members (excludes halogenated alkanes) is 4. The Balaban J connectivity index is 2.39. The number of pyridine rings is 1. The zero-order valence-corrected chi connectivity index (χ0v) is 20.0. The van der Waals surface area contributed by atoms with Crippen LogP contribution < -0.4 is 10.5 Å². The van der Waals surface area contributed by atoms with Gasteiger partial charge in [0.25, 0.3) is 10.0 Å². The molecule has 0 aliphatic rings. The predicted octanol–water partition coefficient (Wildman–Crippen LogP) is 2.84. The summed E-state index contributed by atoms with van der Waals surface area (Å²) < 4.78 is 52.5. The first-order chi connectivity index (χ1) is 14.7. The average Bonchev–Trinajstić information content (AvgIpc) is 2.73. The standard InChI is InChI=1S/C21H34N4O4S2/c1-3-5-7-8-16-25(17-15-23-13-6-4-2)31(28,29)20-11-9-10-19-18(20)12-14-24-21(19)30(22,26)27/h9-12,14,23H,3-8,13,15-17H2,1-2H3,(H2,22,26,27). The molecule has 0 aliphatic carbocycles. The number of hydrogen-bond donors (Lipinski definition) is 2. The minimum Gasteiger partial charge on any atom is -0.315 e. The summed E-state index contributed by atoms with van der Waals surface area (Å²) in [6.07, 6.45) is 7.24. The zero-order valence-electron chi connectivity index (χ0n) is 18.4. The monoisotopic (exact) mass is 470 g/mol. The lowest BCUT2D eigenvalue weighted by molar-refractivity contribution is 0.392. The van der Waals surface area contributed by atoms with Crippen molar-refractivity contribution in [3.63, 3.8) is 0 Å². The molecule has 10 heteroatoms. The lowest BCUT2D eigenvalue weighted by Gasteiger charge is -2.23. The van der Waals surface area contributed by atoms with E-state index >= 15 is 0 Å². The van der Waals surface area contributed by atoms with Gasteiger partial charge >= 0.3 is 0 Å². The van der Waals surface area contributed by atoms with Gasteiger partial charge in [0.2, 0.25) is 10.0 Å². The first-order valence-electron chi connectivity index (χ1n) is 10.8. The second kappa shape index (κ2) is 11.9. The van der Waals surface area contributed by atoms with E-state index in [0.717, 1.165) is 45.1 Å². The van der Waals surface area contributed by atoms with Crippen LogP contribution in [0.4, 0.5) is 0 Å². The molecule has 2 rings (SSSR count). The SMILES string of the molecule is CCCCCCN(CCNCCCC)S(=O)(=O)c1cccc2c(S(N)(=O)=O)nccc12. The highest BCUT2D eigenvalue weighted by atomic mass is 32.2. The fraction of sp³-hybridized carbons (Fsp3) is 0.571.